The molecule has 138 valence electrons. The number of halogens is 1. The second kappa shape index (κ2) is 6.46. The average Bonchev–Trinajstić information content (AvgIpc) is 3.28. The Bertz CT molecular complexity index is 1220. The lowest BCUT2D eigenvalue weighted by Gasteiger charge is -2.17. The van der Waals surface area contributed by atoms with Crippen LogP contribution in [0.5, 0.6) is 11.5 Å². The van der Waals surface area contributed by atoms with Gasteiger partial charge in [-0.2, -0.15) is 0 Å². The number of hydrogen-bond donors (Lipinski definition) is 4. The zero-order valence-corrected chi connectivity index (χ0v) is 16.4. The van der Waals surface area contributed by atoms with E-state index >= 15 is 0 Å². The van der Waals surface area contributed by atoms with E-state index in [-0.39, 0.29) is 17.4 Å². The van der Waals surface area contributed by atoms with E-state index < -0.39 is 0 Å². The highest BCUT2D eigenvalue weighted by molar-refractivity contribution is 9.10. The van der Waals surface area contributed by atoms with Crippen LogP contribution in [0.25, 0.3) is 21.8 Å². The molecular formula is C23H17BrN2O2. The summed E-state index contributed by atoms with van der Waals surface area (Å²) >= 11 is 3.51. The summed E-state index contributed by atoms with van der Waals surface area (Å²) in [6.45, 7) is 0. The van der Waals surface area contributed by atoms with E-state index in [1.54, 1.807) is 24.3 Å². The Labute approximate surface area is 169 Å². The molecule has 0 radical (unpaired) electrons. The summed E-state index contributed by atoms with van der Waals surface area (Å²) in [5.74, 6) is 0.401. The Balaban J connectivity index is 1.81. The highest BCUT2D eigenvalue weighted by Crippen LogP contribution is 2.40. The molecule has 4 nitrogen and oxygen atoms in total. The van der Waals surface area contributed by atoms with E-state index in [1.165, 1.54) is 0 Å². The van der Waals surface area contributed by atoms with E-state index in [9.17, 15) is 10.2 Å². The Kier molecular flexibility index (Phi) is 3.91. The Morgan fingerprint density at radius 3 is 1.68 bits per heavy atom. The fraction of sp³-hybridized carbons (Fsp3) is 0.0435. The SMILES string of the molecule is Oc1ccc2[nH]cc(C(c3ccc(Br)cc3)c3c[nH]c4ccc(O)cc34)c2c1. The first-order chi connectivity index (χ1) is 13.6. The molecule has 0 aliphatic rings. The summed E-state index contributed by atoms with van der Waals surface area (Å²) in [4.78, 5) is 6.64. The van der Waals surface area contributed by atoms with Crippen LogP contribution in [0, 0.1) is 0 Å². The molecule has 0 amide bonds. The normalized spacial score (nSPS) is 11.6. The number of phenolic OH excluding ortho intramolecular Hbond substituents is 2. The maximum absolute atomic E-state index is 10.0. The van der Waals surface area contributed by atoms with Gasteiger partial charge in [0.1, 0.15) is 11.5 Å². The molecule has 0 unspecified atom stereocenters. The Hall–Kier alpha value is -3.18. The third kappa shape index (κ3) is 2.75. The van der Waals surface area contributed by atoms with Gasteiger partial charge in [-0.15, -0.1) is 0 Å². The molecule has 5 rings (SSSR count). The number of aromatic amines is 2. The van der Waals surface area contributed by atoms with Crippen LogP contribution in [-0.4, -0.2) is 20.2 Å². The number of aromatic hydroxyl groups is 2. The van der Waals surface area contributed by atoms with Gasteiger partial charge in [-0.3, -0.25) is 0 Å². The number of hydrogen-bond acceptors (Lipinski definition) is 2. The van der Waals surface area contributed by atoms with Crippen LogP contribution in [0.1, 0.15) is 22.6 Å². The van der Waals surface area contributed by atoms with Crippen LogP contribution < -0.4 is 0 Å². The van der Waals surface area contributed by atoms with E-state index in [4.69, 9.17) is 0 Å². The zero-order chi connectivity index (χ0) is 19.3. The first-order valence-corrected chi connectivity index (χ1v) is 9.75. The van der Waals surface area contributed by atoms with Crippen molar-refractivity contribution >= 4 is 37.7 Å². The minimum atomic E-state index is -0.0702. The first kappa shape index (κ1) is 17.0. The van der Waals surface area contributed by atoms with Crippen molar-refractivity contribution in [3.05, 3.63) is 94.2 Å². The second-order valence-electron chi connectivity index (χ2n) is 6.93. The highest BCUT2D eigenvalue weighted by Gasteiger charge is 2.23. The lowest BCUT2D eigenvalue weighted by molar-refractivity contribution is 0.475. The number of benzene rings is 3. The topological polar surface area (TPSA) is 72.0 Å². The molecule has 2 heterocycles. The average molecular weight is 433 g/mol. The van der Waals surface area contributed by atoms with Crippen LogP contribution in [0.4, 0.5) is 0 Å². The fourth-order valence-electron chi connectivity index (χ4n) is 3.92. The van der Waals surface area contributed by atoms with Crippen LogP contribution in [0.2, 0.25) is 0 Å². The third-order valence-electron chi connectivity index (χ3n) is 5.22. The predicted molar refractivity (Wildman–Crippen MR) is 115 cm³/mol. The Morgan fingerprint density at radius 2 is 1.18 bits per heavy atom. The fourth-order valence-corrected chi connectivity index (χ4v) is 4.18. The molecule has 0 saturated heterocycles. The van der Waals surface area contributed by atoms with Gasteiger partial charge in [-0.05, 0) is 65.2 Å². The standard InChI is InChI=1S/C23H17BrN2O2/c24-14-3-1-13(2-4-14)23(19-11-25-21-7-5-15(27)9-17(19)21)20-12-26-22-8-6-16(28)10-18(20)22/h1-12,23,25-28H. The van der Waals surface area contributed by atoms with Crippen molar-refractivity contribution in [1.29, 1.82) is 0 Å². The number of nitrogens with one attached hydrogen (secondary N) is 2. The summed E-state index contributed by atoms with van der Waals surface area (Å²) < 4.78 is 1.02. The molecule has 2 aromatic heterocycles. The monoisotopic (exact) mass is 432 g/mol. The number of phenols is 2. The summed E-state index contributed by atoms with van der Waals surface area (Å²) in [6.07, 6.45) is 4.00. The van der Waals surface area contributed by atoms with Gasteiger partial charge in [-0.25, -0.2) is 0 Å². The van der Waals surface area contributed by atoms with Gasteiger partial charge in [0.05, 0.1) is 0 Å². The van der Waals surface area contributed by atoms with Crippen molar-refractivity contribution in [1.82, 2.24) is 9.97 Å². The quantitative estimate of drug-likeness (QED) is 0.282. The van der Waals surface area contributed by atoms with E-state index in [0.29, 0.717) is 0 Å². The molecule has 5 heteroatoms. The van der Waals surface area contributed by atoms with Gasteiger partial charge >= 0.3 is 0 Å². The molecule has 0 saturated carbocycles. The van der Waals surface area contributed by atoms with Crippen molar-refractivity contribution in [2.24, 2.45) is 0 Å². The molecule has 4 N–H and O–H groups in total. The number of fused-ring (bicyclic) bond motifs is 2. The van der Waals surface area contributed by atoms with Gasteiger partial charge in [0.25, 0.3) is 0 Å². The van der Waals surface area contributed by atoms with Crippen LogP contribution in [0.15, 0.2) is 77.5 Å². The summed E-state index contributed by atoms with van der Waals surface area (Å²) in [5, 5.41) is 22.0. The molecule has 0 spiro atoms. The molecule has 28 heavy (non-hydrogen) atoms. The van der Waals surface area contributed by atoms with Crippen molar-refractivity contribution in [2.45, 2.75) is 5.92 Å². The van der Waals surface area contributed by atoms with E-state index in [2.05, 4.69) is 38.0 Å². The summed E-state index contributed by atoms with van der Waals surface area (Å²) in [7, 11) is 0. The minimum absolute atomic E-state index is 0.0702. The maximum Gasteiger partial charge on any atom is 0.116 e. The van der Waals surface area contributed by atoms with Gasteiger partial charge in [0, 0.05) is 44.6 Å². The maximum atomic E-state index is 10.0. The molecule has 0 aliphatic heterocycles. The van der Waals surface area contributed by atoms with Crippen LogP contribution in [0.3, 0.4) is 0 Å². The molecule has 0 fully saturated rings. The first-order valence-electron chi connectivity index (χ1n) is 8.95. The molecule has 3 aromatic carbocycles. The zero-order valence-electron chi connectivity index (χ0n) is 14.8. The highest BCUT2D eigenvalue weighted by atomic mass is 79.9. The lowest BCUT2D eigenvalue weighted by Crippen LogP contribution is -2.02. The second-order valence-corrected chi connectivity index (χ2v) is 7.85. The number of H-pyrrole nitrogens is 2. The molecule has 0 bridgehead atoms. The lowest BCUT2D eigenvalue weighted by atomic mass is 9.85. The van der Waals surface area contributed by atoms with Crippen molar-refractivity contribution in [3.63, 3.8) is 0 Å². The van der Waals surface area contributed by atoms with Gasteiger partial charge in [0.15, 0.2) is 0 Å². The molecule has 0 aliphatic carbocycles. The number of rotatable bonds is 3. The summed E-state index contributed by atoms with van der Waals surface area (Å²) in [5.41, 5.74) is 5.20. The van der Waals surface area contributed by atoms with Crippen molar-refractivity contribution in [2.75, 3.05) is 0 Å². The van der Waals surface area contributed by atoms with Crippen LogP contribution >= 0.6 is 15.9 Å². The van der Waals surface area contributed by atoms with Crippen LogP contribution in [-0.2, 0) is 0 Å². The largest absolute Gasteiger partial charge is 0.508 e. The molecule has 5 aromatic rings. The van der Waals surface area contributed by atoms with E-state index in [0.717, 1.165) is 43.0 Å². The third-order valence-corrected chi connectivity index (χ3v) is 5.75. The molecule has 0 atom stereocenters. The minimum Gasteiger partial charge on any atom is -0.508 e. The van der Waals surface area contributed by atoms with Crippen molar-refractivity contribution in [3.8, 4) is 11.5 Å². The van der Waals surface area contributed by atoms with Gasteiger partial charge in [0.2, 0.25) is 0 Å². The van der Waals surface area contributed by atoms with Crippen molar-refractivity contribution < 1.29 is 10.2 Å². The van der Waals surface area contributed by atoms with Gasteiger partial charge in [-0.1, -0.05) is 28.1 Å². The van der Waals surface area contributed by atoms with E-state index in [1.807, 2.05) is 36.7 Å². The van der Waals surface area contributed by atoms with Gasteiger partial charge < -0.3 is 20.2 Å². The smallest absolute Gasteiger partial charge is 0.116 e. The predicted octanol–water partition coefficient (Wildman–Crippen LogP) is 6.00. The molecular weight excluding hydrogens is 416 g/mol. The Morgan fingerprint density at radius 1 is 0.679 bits per heavy atom. The summed E-state index contributed by atoms with van der Waals surface area (Å²) in [6, 6.07) is 19.0. The number of aromatic nitrogens is 2.